The molecule has 0 aliphatic carbocycles. The Labute approximate surface area is 86.0 Å². The predicted octanol–water partition coefficient (Wildman–Crippen LogP) is 3.71. The van der Waals surface area contributed by atoms with Crippen LogP contribution in [0, 0.1) is 5.82 Å². The van der Waals surface area contributed by atoms with Crippen LogP contribution in [-0.2, 0) is 5.33 Å². The molecule has 0 aliphatic heterocycles. The highest BCUT2D eigenvalue weighted by atomic mass is 79.9. The summed E-state index contributed by atoms with van der Waals surface area (Å²) in [5, 5.41) is -0.0265. The van der Waals surface area contributed by atoms with Gasteiger partial charge in [0.05, 0.1) is 5.02 Å². The standard InChI is InChI=1S/C7H4BrClF3N/c8-1-3-2-13-6(7(11)12)5(10)4(3)9/h2,7H,1H2. The molecule has 1 aromatic rings. The molecule has 0 atom stereocenters. The van der Waals surface area contributed by atoms with Crippen molar-refractivity contribution in [3.63, 3.8) is 0 Å². The summed E-state index contributed by atoms with van der Waals surface area (Å²) in [6.45, 7) is 0. The van der Waals surface area contributed by atoms with Gasteiger partial charge in [-0.15, -0.1) is 0 Å². The molecule has 0 aromatic carbocycles. The second kappa shape index (κ2) is 4.28. The summed E-state index contributed by atoms with van der Waals surface area (Å²) < 4.78 is 37.1. The fourth-order valence-electron chi connectivity index (χ4n) is 0.760. The molecule has 1 rings (SSSR count). The molecule has 0 N–H and O–H groups in total. The van der Waals surface area contributed by atoms with Crippen molar-refractivity contribution in [3.8, 4) is 0 Å². The maximum absolute atomic E-state index is 13.0. The van der Waals surface area contributed by atoms with Gasteiger partial charge >= 0.3 is 0 Å². The minimum atomic E-state index is -2.94. The van der Waals surface area contributed by atoms with E-state index >= 15 is 0 Å². The number of pyridine rings is 1. The first kappa shape index (κ1) is 10.8. The van der Waals surface area contributed by atoms with E-state index in [1.165, 1.54) is 0 Å². The topological polar surface area (TPSA) is 12.9 Å². The van der Waals surface area contributed by atoms with Gasteiger partial charge in [-0.2, -0.15) is 0 Å². The molecular formula is C7H4BrClF3N. The van der Waals surface area contributed by atoms with E-state index in [9.17, 15) is 13.2 Å². The first-order valence-corrected chi connectivity index (χ1v) is 4.74. The average molecular weight is 274 g/mol. The zero-order chi connectivity index (χ0) is 10.0. The minimum absolute atomic E-state index is 0.277. The molecular weight excluding hydrogens is 270 g/mol. The number of hydrogen-bond donors (Lipinski definition) is 0. The number of hydrogen-bond acceptors (Lipinski definition) is 1. The van der Waals surface area contributed by atoms with E-state index in [1.807, 2.05) is 0 Å². The third-order valence-electron chi connectivity index (χ3n) is 1.41. The Morgan fingerprint density at radius 3 is 2.62 bits per heavy atom. The van der Waals surface area contributed by atoms with Gasteiger partial charge in [-0.3, -0.25) is 4.98 Å². The number of aromatic nitrogens is 1. The molecule has 72 valence electrons. The van der Waals surface area contributed by atoms with Crippen molar-refractivity contribution in [1.29, 1.82) is 0 Å². The lowest BCUT2D eigenvalue weighted by Gasteiger charge is -2.05. The molecule has 0 saturated carbocycles. The van der Waals surface area contributed by atoms with Crippen molar-refractivity contribution in [1.82, 2.24) is 4.98 Å². The van der Waals surface area contributed by atoms with Crippen molar-refractivity contribution in [2.24, 2.45) is 0 Å². The summed E-state index contributed by atoms with van der Waals surface area (Å²) >= 11 is 8.49. The van der Waals surface area contributed by atoms with Gasteiger partial charge in [0.2, 0.25) is 0 Å². The number of alkyl halides is 3. The molecule has 0 unspecified atom stereocenters. The summed E-state index contributed by atoms with van der Waals surface area (Å²) in [7, 11) is 0. The zero-order valence-corrected chi connectivity index (χ0v) is 8.54. The third kappa shape index (κ3) is 2.14. The summed E-state index contributed by atoms with van der Waals surface area (Å²) in [4.78, 5) is 3.27. The van der Waals surface area contributed by atoms with Crippen LogP contribution in [0.4, 0.5) is 13.2 Å². The van der Waals surface area contributed by atoms with Gasteiger partial charge in [-0.05, 0) is 0 Å². The molecule has 0 amide bonds. The molecule has 0 spiro atoms. The van der Waals surface area contributed by atoms with Gasteiger partial charge in [-0.25, -0.2) is 13.2 Å². The fraction of sp³-hybridized carbons (Fsp3) is 0.286. The van der Waals surface area contributed by atoms with Crippen LogP contribution in [0.5, 0.6) is 0 Å². The van der Waals surface area contributed by atoms with Crippen molar-refractivity contribution < 1.29 is 13.2 Å². The second-order valence-electron chi connectivity index (χ2n) is 2.23. The average Bonchev–Trinajstić information content (AvgIpc) is 2.09. The van der Waals surface area contributed by atoms with E-state index in [0.29, 0.717) is 5.56 Å². The normalized spacial score (nSPS) is 10.9. The van der Waals surface area contributed by atoms with Gasteiger partial charge in [0.1, 0.15) is 5.69 Å². The van der Waals surface area contributed by atoms with Crippen LogP contribution in [0.1, 0.15) is 17.7 Å². The number of rotatable bonds is 2. The van der Waals surface area contributed by atoms with E-state index in [-0.39, 0.29) is 10.4 Å². The van der Waals surface area contributed by atoms with Crippen LogP contribution >= 0.6 is 27.5 Å². The van der Waals surface area contributed by atoms with Crippen LogP contribution in [0.2, 0.25) is 5.02 Å². The van der Waals surface area contributed by atoms with E-state index < -0.39 is 17.9 Å². The monoisotopic (exact) mass is 273 g/mol. The summed E-state index contributed by atoms with van der Waals surface area (Å²) in [5.41, 5.74) is -0.557. The van der Waals surface area contributed by atoms with Crippen LogP contribution in [0.15, 0.2) is 6.20 Å². The molecule has 6 heteroatoms. The van der Waals surface area contributed by atoms with Gasteiger partial charge in [-0.1, -0.05) is 27.5 Å². The highest BCUT2D eigenvalue weighted by molar-refractivity contribution is 9.08. The summed E-state index contributed by atoms with van der Waals surface area (Å²) in [5.74, 6) is -1.14. The summed E-state index contributed by atoms with van der Waals surface area (Å²) in [6, 6.07) is 0. The molecule has 0 aliphatic rings. The molecule has 1 heterocycles. The van der Waals surface area contributed by atoms with E-state index in [2.05, 4.69) is 20.9 Å². The SMILES string of the molecule is Fc1c(C(F)F)ncc(CBr)c1Cl. The Balaban J connectivity index is 3.23. The van der Waals surface area contributed by atoms with Crippen LogP contribution < -0.4 is 0 Å². The summed E-state index contributed by atoms with van der Waals surface area (Å²) in [6.07, 6.45) is -1.82. The number of nitrogens with zero attached hydrogens (tertiary/aromatic N) is 1. The molecule has 0 fully saturated rings. The van der Waals surface area contributed by atoms with Crippen LogP contribution in [0.3, 0.4) is 0 Å². The first-order chi connectivity index (χ1) is 6.07. The minimum Gasteiger partial charge on any atom is -0.252 e. The predicted molar refractivity (Wildman–Crippen MR) is 46.8 cm³/mol. The van der Waals surface area contributed by atoms with Crippen LogP contribution in [-0.4, -0.2) is 4.98 Å². The van der Waals surface area contributed by atoms with Gasteiger partial charge in [0.25, 0.3) is 6.43 Å². The first-order valence-electron chi connectivity index (χ1n) is 3.24. The number of halogens is 5. The fourth-order valence-corrected chi connectivity index (χ4v) is 1.56. The van der Waals surface area contributed by atoms with Crippen LogP contribution in [0.25, 0.3) is 0 Å². The smallest absolute Gasteiger partial charge is 0.252 e. The Bertz CT molecular complexity index is 319. The van der Waals surface area contributed by atoms with E-state index in [4.69, 9.17) is 11.6 Å². The molecule has 0 radical (unpaired) electrons. The Morgan fingerprint density at radius 1 is 1.54 bits per heavy atom. The molecule has 0 saturated heterocycles. The van der Waals surface area contributed by atoms with Gasteiger partial charge in [0.15, 0.2) is 5.82 Å². The van der Waals surface area contributed by atoms with Gasteiger partial charge < -0.3 is 0 Å². The van der Waals surface area contributed by atoms with Gasteiger partial charge in [0, 0.05) is 17.1 Å². The molecule has 13 heavy (non-hydrogen) atoms. The second-order valence-corrected chi connectivity index (χ2v) is 3.17. The zero-order valence-electron chi connectivity index (χ0n) is 6.20. The molecule has 0 bridgehead atoms. The van der Waals surface area contributed by atoms with E-state index in [1.54, 1.807) is 0 Å². The lowest BCUT2D eigenvalue weighted by atomic mass is 10.2. The van der Waals surface area contributed by atoms with Crippen molar-refractivity contribution >= 4 is 27.5 Å². The highest BCUT2D eigenvalue weighted by Gasteiger charge is 2.19. The highest BCUT2D eigenvalue weighted by Crippen LogP contribution is 2.28. The molecule has 1 nitrogen and oxygen atoms in total. The Kier molecular flexibility index (Phi) is 3.55. The van der Waals surface area contributed by atoms with Crippen molar-refractivity contribution in [3.05, 3.63) is 28.3 Å². The third-order valence-corrected chi connectivity index (χ3v) is 2.42. The molecule has 1 aromatic heterocycles. The maximum atomic E-state index is 13.0. The lowest BCUT2D eigenvalue weighted by molar-refractivity contribution is 0.140. The van der Waals surface area contributed by atoms with Crippen molar-refractivity contribution in [2.45, 2.75) is 11.8 Å². The van der Waals surface area contributed by atoms with Crippen molar-refractivity contribution in [2.75, 3.05) is 0 Å². The Hall–Kier alpha value is -0.290. The lowest BCUT2D eigenvalue weighted by Crippen LogP contribution is -1.98. The maximum Gasteiger partial charge on any atom is 0.283 e. The quantitative estimate of drug-likeness (QED) is 0.749. The van der Waals surface area contributed by atoms with E-state index in [0.717, 1.165) is 6.20 Å². The largest absolute Gasteiger partial charge is 0.283 e. The Morgan fingerprint density at radius 2 is 2.15 bits per heavy atom.